The number of non-ortho nitro benzene ring substituents is 1. The molecule has 2 rings (SSSR count). The molecule has 11 nitrogen and oxygen atoms in total. The molecule has 1 atom stereocenters. The zero-order valence-corrected chi connectivity index (χ0v) is 18.0. The highest BCUT2D eigenvalue weighted by Gasteiger charge is 2.36. The molecule has 0 aromatic heterocycles. The Kier molecular flexibility index (Phi) is 7.59. The lowest BCUT2D eigenvalue weighted by Gasteiger charge is -2.38. The Morgan fingerprint density at radius 3 is 2.30 bits per heavy atom. The van der Waals surface area contributed by atoms with Gasteiger partial charge in [0.15, 0.2) is 0 Å². The van der Waals surface area contributed by atoms with E-state index in [-0.39, 0.29) is 50.6 Å². The third-order valence-corrected chi connectivity index (χ3v) is 5.90. The van der Waals surface area contributed by atoms with Crippen LogP contribution in [0.25, 0.3) is 0 Å². The first-order valence-corrected chi connectivity index (χ1v) is 11.4. The zero-order chi connectivity index (χ0) is 22.5. The van der Waals surface area contributed by atoms with Crippen molar-refractivity contribution in [3.05, 3.63) is 34.4 Å². The molecule has 1 aromatic carbocycles. The summed E-state index contributed by atoms with van der Waals surface area (Å²) >= 11 is 0. The minimum Gasteiger partial charge on any atom is -0.450 e. The van der Waals surface area contributed by atoms with E-state index in [0.29, 0.717) is 0 Å². The van der Waals surface area contributed by atoms with Crippen LogP contribution in [0.15, 0.2) is 24.3 Å². The fourth-order valence-electron chi connectivity index (χ4n) is 3.32. The van der Waals surface area contributed by atoms with Gasteiger partial charge in [0.25, 0.3) is 5.69 Å². The standard InChI is InChI=1S/C18H26N4O7S/c1-4-16(17(23)19-9-11-20(12-10-19)18(24)29-5-2)21(30(3,27)28)14-7-6-8-15(13-14)22(25)26/h6-8,13,16H,4-5,9-12H2,1-3H3/t16-/m0/s1. The van der Waals surface area contributed by atoms with Gasteiger partial charge in [0.05, 0.1) is 23.5 Å². The van der Waals surface area contributed by atoms with Gasteiger partial charge in [0, 0.05) is 38.3 Å². The highest BCUT2D eigenvalue weighted by atomic mass is 32.2. The number of carbonyl (C=O) groups is 2. The predicted molar refractivity (Wildman–Crippen MR) is 110 cm³/mol. The van der Waals surface area contributed by atoms with Crippen LogP contribution in [0.3, 0.4) is 0 Å². The summed E-state index contributed by atoms with van der Waals surface area (Å²) in [5, 5.41) is 11.1. The Balaban J connectivity index is 2.26. The minimum atomic E-state index is -3.91. The first-order valence-electron chi connectivity index (χ1n) is 9.54. The summed E-state index contributed by atoms with van der Waals surface area (Å²) < 4.78 is 30.9. The molecule has 0 bridgehead atoms. The molecule has 1 aliphatic rings. The van der Waals surface area contributed by atoms with Crippen LogP contribution < -0.4 is 4.31 Å². The number of carbonyl (C=O) groups excluding carboxylic acids is 2. The van der Waals surface area contributed by atoms with Crippen molar-refractivity contribution < 1.29 is 27.7 Å². The first-order chi connectivity index (χ1) is 14.1. The van der Waals surface area contributed by atoms with Gasteiger partial charge in [-0.05, 0) is 19.4 Å². The number of benzene rings is 1. The average molecular weight is 442 g/mol. The normalized spacial score (nSPS) is 15.4. The summed E-state index contributed by atoms with van der Waals surface area (Å²) in [7, 11) is -3.91. The molecule has 166 valence electrons. The lowest BCUT2D eigenvalue weighted by atomic mass is 10.1. The second kappa shape index (κ2) is 9.74. The van der Waals surface area contributed by atoms with Crippen molar-refractivity contribution in [1.29, 1.82) is 0 Å². The van der Waals surface area contributed by atoms with E-state index in [9.17, 15) is 28.1 Å². The number of amides is 2. The Hall–Kier alpha value is -2.89. The van der Waals surface area contributed by atoms with Crippen LogP contribution in [-0.4, -0.2) is 80.2 Å². The number of hydrogen-bond donors (Lipinski definition) is 0. The van der Waals surface area contributed by atoms with Gasteiger partial charge in [0.1, 0.15) is 6.04 Å². The van der Waals surface area contributed by atoms with Crippen molar-refractivity contribution in [2.24, 2.45) is 0 Å². The van der Waals surface area contributed by atoms with Gasteiger partial charge in [0.2, 0.25) is 15.9 Å². The van der Waals surface area contributed by atoms with Gasteiger partial charge >= 0.3 is 6.09 Å². The van der Waals surface area contributed by atoms with Crippen molar-refractivity contribution in [3.63, 3.8) is 0 Å². The summed E-state index contributed by atoms with van der Waals surface area (Å²) in [4.78, 5) is 38.5. The summed E-state index contributed by atoms with van der Waals surface area (Å²) in [6.07, 6.45) is 0.679. The molecule has 0 saturated carbocycles. The molecule has 2 amide bonds. The topological polar surface area (TPSA) is 130 Å². The summed E-state index contributed by atoms with van der Waals surface area (Å²) in [5.74, 6) is -0.419. The first kappa shape index (κ1) is 23.4. The summed E-state index contributed by atoms with van der Waals surface area (Å²) in [5.41, 5.74) is -0.219. The molecule has 1 fully saturated rings. The van der Waals surface area contributed by atoms with E-state index in [1.165, 1.54) is 28.0 Å². The van der Waals surface area contributed by atoms with Crippen LogP contribution in [-0.2, 0) is 19.6 Å². The maximum atomic E-state index is 13.2. The van der Waals surface area contributed by atoms with Gasteiger partial charge in [-0.15, -0.1) is 0 Å². The fourth-order valence-corrected chi connectivity index (χ4v) is 4.52. The van der Waals surface area contributed by atoms with Crippen LogP contribution in [0, 0.1) is 10.1 Å². The molecular formula is C18H26N4O7S. The maximum Gasteiger partial charge on any atom is 0.409 e. The number of ether oxygens (including phenoxy) is 1. The maximum absolute atomic E-state index is 13.2. The monoisotopic (exact) mass is 442 g/mol. The van der Waals surface area contributed by atoms with Gasteiger partial charge in [-0.1, -0.05) is 13.0 Å². The number of hydrogen-bond acceptors (Lipinski definition) is 7. The van der Waals surface area contributed by atoms with E-state index in [4.69, 9.17) is 4.74 Å². The molecule has 0 radical (unpaired) electrons. The molecule has 0 N–H and O–H groups in total. The second-order valence-corrected chi connectivity index (χ2v) is 8.63. The van der Waals surface area contributed by atoms with Crippen molar-refractivity contribution in [2.45, 2.75) is 26.3 Å². The van der Waals surface area contributed by atoms with Crippen molar-refractivity contribution in [1.82, 2.24) is 9.80 Å². The Labute approximate surface area is 175 Å². The van der Waals surface area contributed by atoms with Crippen molar-refractivity contribution >= 4 is 33.4 Å². The number of piperazine rings is 1. The Bertz CT molecular complexity index is 898. The SMILES string of the molecule is CCOC(=O)N1CCN(C(=O)[C@H](CC)N(c2cccc([N+](=O)[O-])c2)S(C)(=O)=O)CC1. The van der Waals surface area contributed by atoms with Crippen LogP contribution in [0.2, 0.25) is 0 Å². The number of rotatable bonds is 7. The van der Waals surface area contributed by atoms with Gasteiger partial charge in [-0.25, -0.2) is 13.2 Å². The Morgan fingerprint density at radius 2 is 1.80 bits per heavy atom. The van der Waals surface area contributed by atoms with E-state index < -0.39 is 33.0 Å². The summed E-state index contributed by atoms with van der Waals surface area (Å²) in [6, 6.07) is 4.12. The van der Waals surface area contributed by atoms with Crippen molar-refractivity contribution in [2.75, 3.05) is 43.3 Å². The summed E-state index contributed by atoms with van der Waals surface area (Å²) in [6.45, 7) is 4.65. The molecule has 1 aliphatic heterocycles. The number of nitro benzene ring substituents is 1. The molecule has 1 aromatic rings. The lowest BCUT2D eigenvalue weighted by Crippen LogP contribution is -2.56. The van der Waals surface area contributed by atoms with Crippen LogP contribution >= 0.6 is 0 Å². The van der Waals surface area contributed by atoms with E-state index in [0.717, 1.165) is 16.6 Å². The number of nitrogens with zero attached hydrogens (tertiary/aromatic N) is 4. The van der Waals surface area contributed by atoms with E-state index in [2.05, 4.69) is 0 Å². The third-order valence-electron chi connectivity index (χ3n) is 4.72. The second-order valence-electron chi connectivity index (χ2n) is 6.77. The van der Waals surface area contributed by atoms with Crippen molar-refractivity contribution in [3.8, 4) is 0 Å². The van der Waals surface area contributed by atoms with Gasteiger partial charge in [-0.3, -0.25) is 19.2 Å². The van der Waals surface area contributed by atoms with Crippen LogP contribution in [0.4, 0.5) is 16.2 Å². The smallest absolute Gasteiger partial charge is 0.409 e. The number of nitro groups is 1. The molecule has 0 spiro atoms. The average Bonchev–Trinajstić information content (AvgIpc) is 2.70. The highest BCUT2D eigenvalue weighted by molar-refractivity contribution is 7.92. The van der Waals surface area contributed by atoms with E-state index >= 15 is 0 Å². The Morgan fingerprint density at radius 1 is 1.20 bits per heavy atom. The molecule has 0 aliphatic carbocycles. The van der Waals surface area contributed by atoms with E-state index in [1.54, 1.807) is 13.8 Å². The van der Waals surface area contributed by atoms with Crippen LogP contribution in [0.5, 0.6) is 0 Å². The largest absolute Gasteiger partial charge is 0.450 e. The highest BCUT2D eigenvalue weighted by Crippen LogP contribution is 2.27. The number of anilines is 1. The zero-order valence-electron chi connectivity index (χ0n) is 17.2. The third kappa shape index (κ3) is 5.38. The molecule has 1 heterocycles. The molecular weight excluding hydrogens is 416 g/mol. The number of sulfonamides is 1. The molecule has 12 heteroatoms. The lowest BCUT2D eigenvalue weighted by molar-refractivity contribution is -0.384. The fraction of sp³-hybridized carbons (Fsp3) is 0.556. The molecule has 0 unspecified atom stereocenters. The van der Waals surface area contributed by atoms with Gasteiger partial charge in [-0.2, -0.15) is 0 Å². The van der Waals surface area contributed by atoms with Gasteiger partial charge < -0.3 is 14.5 Å². The predicted octanol–water partition coefficient (Wildman–Crippen LogP) is 1.44. The quantitative estimate of drug-likeness (QED) is 0.461. The molecule has 1 saturated heterocycles. The van der Waals surface area contributed by atoms with E-state index in [1.807, 2.05) is 0 Å². The van der Waals surface area contributed by atoms with Crippen LogP contribution in [0.1, 0.15) is 20.3 Å². The molecule has 30 heavy (non-hydrogen) atoms. The minimum absolute atomic E-state index is 0.0528.